The largest absolute Gasteiger partial charge is 0.359 e. The van der Waals surface area contributed by atoms with Crippen molar-refractivity contribution in [3.05, 3.63) is 22.2 Å². The fraction of sp³-hybridized carbons (Fsp3) is 0.591. The van der Waals surface area contributed by atoms with Gasteiger partial charge >= 0.3 is 0 Å². The molecular formula is C22H30N6O3S3. The molecule has 9 nitrogen and oxygen atoms in total. The summed E-state index contributed by atoms with van der Waals surface area (Å²) in [5.74, 6) is 1.13. The summed E-state index contributed by atoms with van der Waals surface area (Å²) in [6, 6.07) is 1.90. The van der Waals surface area contributed by atoms with Crippen molar-refractivity contribution in [1.82, 2.24) is 19.8 Å². The molecule has 3 aliphatic rings. The molecule has 12 heteroatoms. The number of nitrogens with zero attached hydrogens (tertiary/aromatic N) is 2. The van der Waals surface area contributed by atoms with E-state index in [-0.39, 0.29) is 22.8 Å². The van der Waals surface area contributed by atoms with Crippen LogP contribution >= 0.6 is 23.6 Å². The van der Waals surface area contributed by atoms with E-state index in [1.165, 1.54) is 11.3 Å². The minimum Gasteiger partial charge on any atom is -0.359 e. The second-order valence-corrected chi connectivity index (χ2v) is 12.8. The van der Waals surface area contributed by atoms with Gasteiger partial charge in [0.1, 0.15) is 15.7 Å². The number of anilines is 2. The van der Waals surface area contributed by atoms with Gasteiger partial charge in [0.25, 0.3) is 0 Å². The van der Waals surface area contributed by atoms with Crippen LogP contribution in [0.1, 0.15) is 48.2 Å². The molecule has 0 spiro atoms. The lowest BCUT2D eigenvalue weighted by Crippen LogP contribution is -2.41. The van der Waals surface area contributed by atoms with Crippen LogP contribution in [0, 0.1) is 18.8 Å². The van der Waals surface area contributed by atoms with E-state index in [9.17, 15) is 13.2 Å². The Morgan fingerprint density at radius 1 is 1.24 bits per heavy atom. The van der Waals surface area contributed by atoms with E-state index < -0.39 is 10.0 Å². The van der Waals surface area contributed by atoms with E-state index in [1.54, 1.807) is 4.68 Å². The molecule has 3 aliphatic carbocycles. The first-order valence-corrected chi connectivity index (χ1v) is 14.4. The first-order chi connectivity index (χ1) is 16.2. The Balaban J connectivity index is 1.35. The maximum absolute atomic E-state index is 13.4. The Morgan fingerprint density at radius 2 is 2.00 bits per heavy atom. The zero-order chi connectivity index (χ0) is 24.0. The maximum Gasteiger partial charge on any atom is 0.243 e. The number of rotatable bonds is 8. The minimum absolute atomic E-state index is 0.00241. The number of aromatic nitrogens is 2. The number of hydrogen-bond donors (Lipinski definition) is 4. The Bertz CT molecular complexity index is 1230. The van der Waals surface area contributed by atoms with Crippen LogP contribution in [0.3, 0.4) is 0 Å². The van der Waals surface area contributed by atoms with Gasteiger partial charge in [0.2, 0.25) is 15.9 Å². The van der Waals surface area contributed by atoms with Crippen LogP contribution in [0.2, 0.25) is 0 Å². The molecule has 5 rings (SSSR count). The highest BCUT2D eigenvalue weighted by molar-refractivity contribution is 7.90. The summed E-state index contributed by atoms with van der Waals surface area (Å²) in [6.45, 7) is 2.36. The van der Waals surface area contributed by atoms with Gasteiger partial charge in [-0.05, 0) is 75.6 Å². The monoisotopic (exact) mass is 522 g/mol. The van der Waals surface area contributed by atoms with Crippen LogP contribution < -0.4 is 20.7 Å². The van der Waals surface area contributed by atoms with Crippen molar-refractivity contribution in [2.75, 3.05) is 17.2 Å². The predicted octanol–water partition coefficient (Wildman–Crippen LogP) is 2.67. The van der Waals surface area contributed by atoms with Crippen molar-refractivity contribution in [1.29, 1.82) is 0 Å². The summed E-state index contributed by atoms with van der Waals surface area (Å²) in [6.07, 6.45) is 5.93. The lowest BCUT2D eigenvalue weighted by atomic mass is 9.94. The van der Waals surface area contributed by atoms with Crippen LogP contribution in [0.15, 0.2) is 11.0 Å². The van der Waals surface area contributed by atoms with Crippen molar-refractivity contribution < 1.29 is 13.2 Å². The molecule has 2 fully saturated rings. The van der Waals surface area contributed by atoms with Crippen molar-refractivity contribution in [3.63, 3.8) is 0 Å². The topological polar surface area (TPSA) is 117 Å². The van der Waals surface area contributed by atoms with Crippen molar-refractivity contribution in [2.45, 2.75) is 62.8 Å². The standard InChI is InChI=1S/C22H30N6O3S3/c1-12-9-18(28(2)27-12)25-22(32)24-15-7-8-17-16(10-15)19(34(30,31)23-11-13-3-4-13)21(33-17)26-20(29)14-5-6-14/h9,13-15,23H,3-8,10-11H2,1-2H3,(H,26,29)(H2,24,25,32). The first kappa shape index (κ1) is 23.7. The molecule has 0 aromatic carbocycles. The maximum atomic E-state index is 13.4. The third-order valence-electron chi connectivity index (χ3n) is 6.50. The molecule has 1 unspecified atom stereocenters. The number of nitrogens with one attached hydrogen (secondary N) is 4. The van der Waals surface area contributed by atoms with Gasteiger partial charge in [-0.1, -0.05) is 0 Å². The number of sulfonamides is 1. The van der Waals surface area contributed by atoms with Crippen LogP contribution in [0.4, 0.5) is 10.8 Å². The van der Waals surface area contributed by atoms with Crippen LogP contribution in [0.5, 0.6) is 0 Å². The number of carbonyl (C=O) groups is 1. The summed E-state index contributed by atoms with van der Waals surface area (Å²) in [5, 5.41) is 14.7. The molecule has 0 aliphatic heterocycles. The van der Waals surface area contributed by atoms with Crippen molar-refractivity contribution in [3.8, 4) is 0 Å². The number of thiocarbonyl (C=S) groups is 1. The van der Waals surface area contributed by atoms with E-state index >= 15 is 0 Å². The molecule has 2 aromatic rings. The number of thiophene rings is 1. The first-order valence-electron chi connectivity index (χ1n) is 11.7. The zero-order valence-corrected chi connectivity index (χ0v) is 21.8. The average Bonchev–Trinajstić information content (AvgIpc) is 3.68. The smallest absolute Gasteiger partial charge is 0.243 e. The Morgan fingerprint density at radius 3 is 2.65 bits per heavy atom. The van der Waals surface area contributed by atoms with E-state index in [0.717, 1.165) is 60.5 Å². The zero-order valence-electron chi connectivity index (χ0n) is 19.3. The summed E-state index contributed by atoms with van der Waals surface area (Å²) < 4.78 is 31.3. The number of carbonyl (C=O) groups excluding carboxylic acids is 1. The lowest BCUT2D eigenvalue weighted by Gasteiger charge is -2.25. The van der Waals surface area contributed by atoms with Crippen LogP contribution in [0.25, 0.3) is 0 Å². The Labute approximate surface area is 209 Å². The second kappa shape index (κ2) is 9.21. The summed E-state index contributed by atoms with van der Waals surface area (Å²) in [4.78, 5) is 13.8. The van der Waals surface area contributed by atoms with Gasteiger partial charge in [0, 0.05) is 36.5 Å². The van der Waals surface area contributed by atoms with E-state index in [2.05, 4.69) is 25.8 Å². The van der Waals surface area contributed by atoms with Gasteiger partial charge in [-0.2, -0.15) is 5.10 Å². The highest BCUT2D eigenvalue weighted by Gasteiger charge is 2.36. The normalized spacial score (nSPS) is 20.0. The SMILES string of the molecule is Cc1cc(NC(=S)NC2CCc3sc(NC(=O)C4CC4)c(S(=O)(=O)NCC4CC4)c3C2)n(C)n1. The summed E-state index contributed by atoms with van der Waals surface area (Å²) >= 11 is 6.92. The Kier molecular flexibility index (Phi) is 6.42. The fourth-order valence-electron chi connectivity index (χ4n) is 4.29. The quantitative estimate of drug-likeness (QED) is 0.394. The molecule has 1 atom stereocenters. The third kappa shape index (κ3) is 5.29. The number of fused-ring (bicyclic) bond motifs is 1. The van der Waals surface area contributed by atoms with E-state index in [1.807, 2.05) is 20.0 Å². The molecule has 0 radical (unpaired) electrons. The molecule has 1 amide bonds. The lowest BCUT2D eigenvalue weighted by molar-refractivity contribution is -0.117. The van der Waals surface area contributed by atoms with E-state index in [0.29, 0.717) is 29.0 Å². The number of amides is 1. The third-order valence-corrected chi connectivity index (χ3v) is 9.59. The van der Waals surface area contributed by atoms with Gasteiger partial charge in [0.05, 0.1) is 5.69 Å². The molecule has 34 heavy (non-hydrogen) atoms. The molecule has 0 saturated heterocycles. The summed E-state index contributed by atoms with van der Waals surface area (Å²) in [5.41, 5.74) is 1.69. The highest BCUT2D eigenvalue weighted by Crippen LogP contribution is 2.42. The second-order valence-electron chi connectivity index (χ2n) is 9.55. The molecular weight excluding hydrogens is 492 g/mol. The van der Waals surface area contributed by atoms with E-state index in [4.69, 9.17) is 12.2 Å². The number of hydrogen-bond acceptors (Lipinski definition) is 6. The molecule has 2 saturated carbocycles. The number of aryl methyl sites for hydroxylation is 3. The van der Waals surface area contributed by atoms with Gasteiger partial charge in [-0.3, -0.25) is 9.48 Å². The van der Waals surface area contributed by atoms with Gasteiger partial charge in [-0.15, -0.1) is 11.3 Å². The van der Waals surface area contributed by atoms with Gasteiger partial charge in [-0.25, -0.2) is 13.1 Å². The molecule has 0 bridgehead atoms. The average molecular weight is 523 g/mol. The molecule has 2 heterocycles. The minimum atomic E-state index is -3.74. The summed E-state index contributed by atoms with van der Waals surface area (Å²) in [7, 11) is -1.89. The van der Waals surface area contributed by atoms with Gasteiger partial charge < -0.3 is 16.0 Å². The molecule has 184 valence electrons. The molecule has 4 N–H and O–H groups in total. The predicted molar refractivity (Wildman–Crippen MR) is 137 cm³/mol. The fourth-order valence-corrected chi connectivity index (χ4v) is 7.65. The van der Waals surface area contributed by atoms with Crippen LogP contribution in [-0.4, -0.2) is 41.8 Å². The van der Waals surface area contributed by atoms with Crippen molar-refractivity contribution >= 4 is 55.4 Å². The van der Waals surface area contributed by atoms with Crippen LogP contribution in [-0.2, 0) is 34.7 Å². The van der Waals surface area contributed by atoms with Gasteiger partial charge in [0.15, 0.2) is 5.11 Å². The highest BCUT2D eigenvalue weighted by atomic mass is 32.2. The molecule has 2 aromatic heterocycles. The van der Waals surface area contributed by atoms with Crippen molar-refractivity contribution in [2.24, 2.45) is 18.9 Å². The Hall–Kier alpha value is -2.02.